The Morgan fingerprint density at radius 1 is 0.625 bits per heavy atom. The van der Waals surface area contributed by atoms with Crippen LogP contribution in [0.2, 0.25) is 0 Å². The summed E-state index contributed by atoms with van der Waals surface area (Å²) in [5, 5.41) is 0. The van der Waals surface area contributed by atoms with Gasteiger partial charge >= 0.3 is 5.97 Å². The molecule has 0 radical (unpaired) electrons. The first-order valence-electron chi connectivity index (χ1n) is 14.6. The van der Waals surface area contributed by atoms with E-state index in [1.165, 1.54) is 0 Å². The molecule has 0 bridgehead atoms. The van der Waals surface area contributed by atoms with Crippen LogP contribution in [0.3, 0.4) is 0 Å². The first-order valence-corrected chi connectivity index (χ1v) is 14.6. The third-order valence-electron chi connectivity index (χ3n) is 7.82. The van der Waals surface area contributed by atoms with Crippen molar-refractivity contribution in [1.82, 2.24) is 0 Å². The van der Waals surface area contributed by atoms with Gasteiger partial charge in [-0.1, -0.05) is 78.9 Å². The molecule has 1 aliphatic carbocycles. The van der Waals surface area contributed by atoms with Crippen molar-refractivity contribution >= 4 is 5.97 Å². The molecule has 5 aromatic carbocycles. The molecule has 0 aliphatic heterocycles. The molecule has 0 saturated carbocycles. The molecule has 0 amide bonds. The van der Waals surface area contributed by atoms with E-state index in [-0.39, 0.29) is 5.75 Å². The Labute approximate surface area is 270 Å². The summed E-state index contributed by atoms with van der Waals surface area (Å²) in [5.74, 6) is -13.7. The fourth-order valence-corrected chi connectivity index (χ4v) is 5.69. The lowest BCUT2D eigenvalue weighted by Gasteiger charge is -2.38. The molecule has 0 unspecified atom stereocenters. The van der Waals surface area contributed by atoms with Crippen molar-refractivity contribution < 1.29 is 45.0 Å². The maximum Gasteiger partial charge on any atom is 0.349 e. The van der Waals surface area contributed by atoms with Crippen molar-refractivity contribution in [3.8, 4) is 22.6 Å². The molecule has 1 aliphatic rings. The molecule has 242 valence electrons. The number of ether oxygens (including phenoxy) is 2. The Hall–Kier alpha value is -5.64. The average molecular weight is 661 g/mol. The quantitative estimate of drug-likeness (QED) is 0.0720. The van der Waals surface area contributed by atoms with Crippen LogP contribution in [-0.4, -0.2) is 5.97 Å². The fourth-order valence-electron chi connectivity index (χ4n) is 5.69. The van der Waals surface area contributed by atoms with E-state index in [1.807, 2.05) is 78.9 Å². The monoisotopic (exact) mass is 660 g/mol. The van der Waals surface area contributed by atoms with Crippen LogP contribution in [0.25, 0.3) is 11.1 Å². The van der Waals surface area contributed by atoms with E-state index in [0.717, 1.165) is 17.7 Å². The lowest BCUT2D eigenvalue weighted by Crippen LogP contribution is -2.37. The number of carbonyl (C=O) groups excluding carboxylic acids is 1. The predicted octanol–water partition coefficient (Wildman–Crippen LogP) is 10.1. The SMILES string of the molecule is O=C(Oc1cc(F)c(F)c(F)c1)c1c(F)cc(-c2c(F)cc(OC(C3=CC=CCC3)(c3ccccc3)c3ccccc3)cc2F)cc1F. The Balaban J connectivity index is 1.38. The summed E-state index contributed by atoms with van der Waals surface area (Å²) in [6.45, 7) is 0. The van der Waals surface area contributed by atoms with Crippen LogP contribution in [-0.2, 0) is 5.60 Å². The van der Waals surface area contributed by atoms with Crippen molar-refractivity contribution in [2.45, 2.75) is 18.4 Å². The fraction of sp³-hybridized carbons (Fsp3) is 0.0789. The van der Waals surface area contributed by atoms with Crippen molar-refractivity contribution in [3.05, 3.63) is 178 Å². The van der Waals surface area contributed by atoms with Gasteiger partial charge in [-0.3, -0.25) is 0 Å². The van der Waals surface area contributed by atoms with E-state index in [9.17, 15) is 18.0 Å². The molecule has 48 heavy (non-hydrogen) atoms. The van der Waals surface area contributed by atoms with Crippen LogP contribution in [0.1, 0.15) is 34.3 Å². The minimum atomic E-state index is -1.84. The molecule has 0 aromatic heterocycles. The van der Waals surface area contributed by atoms with Gasteiger partial charge in [0.05, 0.1) is 5.56 Å². The van der Waals surface area contributed by atoms with Gasteiger partial charge in [-0.25, -0.2) is 35.5 Å². The zero-order chi connectivity index (χ0) is 34.0. The predicted molar refractivity (Wildman–Crippen MR) is 164 cm³/mol. The molecule has 3 nitrogen and oxygen atoms in total. The van der Waals surface area contributed by atoms with Crippen molar-refractivity contribution in [1.29, 1.82) is 0 Å². The molecule has 0 fully saturated rings. The van der Waals surface area contributed by atoms with E-state index >= 15 is 17.6 Å². The number of halogens is 7. The van der Waals surface area contributed by atoms with Crippen LogP contribution >= 0.6 is 0 Å². The zero-order valence-electron chi connectivity index (χ0n) is 24.8. The summed E-state index contributed by atoms with van der Waals surface area (Å²) >= 11 is 0. The number of esters is 1. The van der Waals surface area contributed by atoms with Gasteiger partial charge < -0.3 is 9.47 Å². The largest absolute Gasteiger partial charge is 0.473 e. The number of rotatable bonds is 8. The van der Waals surface area contributed by atoms with Crippen LogP contribution in [0.5, 0.6) is 11.5 Å². The topological polar surface area (TPSA) is 35.5 Å². The van der Waals surface area contributed by atoms with Crippen LogP contribution in [0, 0.1) is 40.7 Å². The van der Waals surface area contributed by atoms with Crippen molar-refractivity contribution in [2.24, 2.45) is 0 Å². The van der Waals surface area contributed by atoms with Gasteiger partial charge in [0.1, 0.15) is 40.3 Å². The highest BCUT2D eigenvalue weighted by Crippen LogP contribution is 2.45. The van der Waals surface area contributed by atoms with Crippen molar-refractivity contribution in [3.63, 3.8) is 0 Å². The molecule has 6 rings (SSSR count). The smallest absolute Gasteiger partial charge is 0.349 e. The molecule has 10 heteroatoms. The summed E-state index contributed by atoms with van der Waals surface area (Å²) in [6.07, 6.45) is 7.06. The average Bonchev–Trinajstić information content (AvgIpc) is 3.06. The van der Waals surface area contributed by atoms with Crippen molar-refractivity contribution in [2.75, 3.05) is 0 Å². The molecular formula is C38H23F7O3. The Kier molecular flexibility index (Phi) is 8.90. The van der Waals surface area contributed by atoms with Gasteiger partial charge in [0, 0.05) is 35.4 Å². The second-order valence-electron chi connectivity index (χ2n) is 10.8. The molecule has 0 heterocycles. The maximum atomic E-state index is 15.8. The number of hydrogen-bond acceptors (Lipinski definition) is 3. The summed E-state index contributed by atoms with van der Waals surface area (Å²) in [7, 11) is 0. The van der Waals surface area contributed by atoms with Gasteiger partial charge in [0.25, 0.3) is 0 Å². The Bertz CT molecular complexity index is 1970. The van der Waals surface area contributed by atoms with E-state index in [1.54, 1.807) is 0 Å². The van der Waals surface area contributed by atoms with E-state index < -0.39 is 74.7 Å². The Morgan fingerprint density at radius 2 is 1.15 bits per heavy atom. The second-order valence-corrected chi connectivity index (χ2v) is 10.8. The van der Waals surface area contributed by atoms with Crippen LogP contribution in [0.4, 0.5) is 30.7 Å². The highest BCUT2D eigenvalue weighted by atomic mass is 19.2. The number of benzene rings is 5. The number of hydrogen-bond donors (Lipinski definition) is 0. The molecule has 0 spiro atoms. The molecule has 0 N–H and O–H groups in total. The maximum absolute atomic E-state index is 15.8. The summed E-state index contributed by atoms with van der Waals surface area (Å²) in [6, 6.07) is 21.7. The van der Waals surface area contributed by atoms with E-state index in [4.69, 9.17) is 4.74 Å². The van der Waals surface area contributed by atoms with E-state index in [2.05, 4.69) is 4.74 Å². The van der Waals surface area contributed by atoms with Gasteiger partial charge in [-0.05, 0) is 36.1 Å². The Morgan fingerprint density at radius 3 is 1.65 bits per heavy atom. The molecule has 0 saturated heterocycles. The third-order valence-corrected chi connectivity index (χ3v) is 7.82. The first kappa shape index (κ1) is 32.3. The van der Waals surface area contributed by atoms with Gasteiger partial charge in [0.15, 0.2) is 23.1 Å². The van der Waals surface area contributed by atoms with Gasteiger partial charge in [0.2, 0.25) is 0 Å². The highest BCUT2D eigenvalue weighted by molar-refractivity contribution is 5.92. The lowest BCUT2D eigenvalue weighted by molar-refractivity contribution is 0.0723. The lowest BCUT2D eigenvalue weighted by atomic mass is 9.76. The van der Waals surface area contributed by atoms with Crippen LogP contribution < -0.4 is 9.47 Å². The minimum Gasteiger partial charge on any atom is -0.473 e. The zero-order valence-corrected chi connectivity index (χ0v) is 24.8. The molecule has 5 aromatic rings. The normalized spacial score (nSPS) is 12.9. The highest BCUT2D eigenvalue weighted by Gasteiger charge is 2.41. The standard InChI is InChI=1S/C38H23F7O3/c39-28-16-22(17-29(40)35(28)37(46)47-26-18-32(43)36(45)33(44)19-26)34-30(41)20-27(21-31(34)42)48-38(23-10-4-1-5-11-23,24-12-6-2-7-13-24)25-14-8-3-9-15-25/h1-8,10-14,16-21H,9,15H2. The van der Waals surface area contributed by atoms with Crippen LogP contribution in [0.15, 0.2) is 121 Å². The minimum absolute atomic E-state index is 0.211. The second kappa shape index (κ2) is 13.2. The number of allylic oxidation sites excluding steroid dienone is 3. The summed E-state index contributed by atoms with van der Waals surface area (Å²) in [5.41, 5.74) is -1.81. The van der Waals surface area contributed by atoms with Gasteiger partial charge in [-0.15, -0.1) is 0 Å². The number of carbonyl (C=O) groups is 1. The van der Waals surface area contributed by atoms with E-state index in [0.29, 0.717) is 48.2 Å². The summed E-state index contributed by atoms with van der Waals surface area (Å²) < 4.78 is 113. The molecule has 0 atom stereocenters. The first-order chi connectivity index (χ1) is 23.1. The third kappa shape index (κ3) is 6.09. The van der Waals surface area contributed by atoms with Gasteiger partial charge in [-0.2, -0.15) is 0 Å². The summed E-state index contributed by atoms with van der Waals surface area (Å²) in [4.78, 5) is 12.5. The molecular weight excluding hydrogens is 637 g/mol.